The maximum Gasteiger partial charge on any atom is 0.124 e. The number of hydrogen-bond acceptors (Lipinski definition) is 3. The van der Waals surface area contributed by atoms with Crippen LogP contribution in [-0.2, 0) is 0 Å². The number of hydrogen-bond donors (Lipinski definition) is 1. The number of nitrogens with zero attached hydrogens (tertiary/aromatic N) is 1. The Labute approximate surface area is 124 Å². The number of likely N-dealkylation sites (N-methyl/N-ethyl adjacent to an activating group) is 1. The van der Waals surface area contributed by atoms with E-state index in [1.807, 2.05) is 6.07 Å². The van der Waals surface area contributed by atoms with Gasteiger partial charge in [-0.2, -0.15) is 0 Å². The monoisotopic (exact) mass is 278 g/mol. The molecule has 3 heteroatoms. The van der Waals surface area contributed by atoms with Gasteiger partial charge in [-0.15, -0.1) is 0 Å². The van der Waals surface area contributed by atoms with Crippen molar-refractivity contribution in [3.8, 4) is 5.75 Å². The molecule has 0 aliphatic rings. The Kier molecular flexibility index (Phi) is 6.50. The maximum atomic E-state index is 6.08. The van der Waals surface area contributed by atoms with Crippen LogP contribution in [0.25, 0.3) is 0 Å². The molecule has 114 valence electrons. The van der Waals surface area contributed by atoms with E-state index in [4.69, 9.17) is 4.74 Å². The van der Waals surface area contributed by atoms with Crippen LogP contribution in [0.3, 0.4) is 0 Å². The highest BCUT2D eigenvalue weighted by Crippen LogP contribution is 2.26. The first-order valence-corrected chi connectivity index (χ1v) is 7.51. The third-order valence-electron chi connectivity index (χ3n) is 3.88. The Balaban J connectivity index is 2.75. The average molecular weight is 278 g/mol. The summed E-state index contributed by atoms with van der Waals surface area (Å²) in [6.07, 6.45) is 1.14. The molecule has 1 aromatic rings. The van der Waals surface area contributed by atoms with Gasteiger partial charge in [0.1, 0.15) is 12.4 Å². The van der Waals surface area contributed by atoms with Crippen molar-refractivity contribution in [2.75, 3.05) is 27.2 Å². The van der Waals surface area contributed by atoms with E-state index in [2.05, 4.69) is 70.2 Å². The van der Waals surface area contributed by atoms with Gasteiger partial charge in [-0.1, -0.05) is 25.1 Å². The molecule has 0 aromatic heterocycles. The minimum atomic E-state index is 0.0210. The third kappa shape index (κ3) is 4.80. The molecule has 1 N–H and O–H groups in total. The predicted octanol–water partition coefficient (Wildman–Crippen LogP) is 3.47. The third-order valence-corrected chi connectivity index (χ3v) is 3.88. The van der Waals surface area contributed by atoms with E-state index in [0.717, 1.165) is 18.7 Å². The van der Waals surface area contributed by atoms with Gasteiger partial charge in [0.2, 0.25) is 0 Å². The normalized spacial score (nSPS) is 13.6. The SMILES string of the molecule is CCCNC(C)c1ccccc1OCC(C)(C)N(C)C. The highest BCUT2D eigenvalue weighted by atomic mass is 16.5. The van der Waals surface area contributed by atoms with Crippen molar-refractivity contribution in [3.05, 3.63) is 29.8 Å². The number of ether oxygens (including phenoxy) is 1. The number of para-hydroxylation sites is 1. The van der Waals surface area contributed by atoms with Crippen LogP contribution in [0.5, 0.6) is 5.75 Å². The number of nitrogens with one attached hydrogen (secondary N) is 1. The van der Waals surface area contributed by atoms with Crippen LogP contribution in [-0.4, -0.2) is 37.7 Å². The van der Waals surface area contributed by atoms with E-state index in [9.17, 15) is 0 Å². The van der Waals surface area contributed by atoms with E-state index >= 15 is 0 Å². The fourth-order valence-electron chi connectivity index (χ4n) is 1.82. The first-order valence-electron chi connectivity index (χ1n) is 7.51. The lowest BCUT2D eigenvalue weighted by Gasteiger charge is -2.32. The van der Waals surface area contributed by atoms with Crippen molar-refractivity contribution < 1.29 is 4.74 Å². The highest BCUT2D eigenvalue weighted by molar-refractivity contribution is 5.35. The summed E-state index contributed by atoms with van der Waals surface area (Å²) in [5.74, 6) is 0.985. The topological polar surface area (TPSA) is 24.5 Å². The van der Waals surface area contributed by atoms with Gasteiger partial charge in [-0.05, 0) is 53.9 Å². The van der Waals surface area contributed by atoms with Crippen LogP contribution in [0.15, 0.2) is 24.3 Å². The van der Waals surface area contributed by atoms with Crippen LogP contribution in [0.2, 0.25) is 0 Å². The minimum absolute atomic E-state index is 0.0210. The van der Waals surface area contributed by atoms with Gasteiger partial charge in [0.05, 0.1) is 0 Å². The van der Waals surface area contributed by atoms with Crippen molar-refractivity contribution in [1.82, 2.24) is 10.2 Å². The van der Waals surface area contributed by atoms with E-state index in [1.54, 1.807) is 0 Å². The van der Waals surface area contributed by atoms with Crippen LogP contribution < -0.4 is 10.1 Å². The first-order chi connectivity index (χ1) is 9.38. The molecule has 20 heavy (non-hydrogen) atoms. The lowest BCUT2D eigenvalue weighted by Crippen LogP contribution is -2.43. The van der Waals surface area contributed by atoms with Gasteiger partial charge in [-0.3, -0.25) is 0 Å². The van der Waals surface area contributed by atoms with Gasteiger partial charge in [0.15, 0.2) is 0 Å². The highest BCUT2D eigenvalue weighted by Gasteiger charge is 2.22. The van der Waals surface area contributed by atoms with Crippen molar-refractivity contribution in [2.45, 2.75) is 45.7 Å². The second-order valence-corrected chi connectivity index (χ2v) is 6.21. The standard InChI is InChI=1S/C17H30N2O/c1-7-12-18-14(2)15-10-8-9-11-16(15)20-13-17(3,4)19(5)6/h8-11,14,18H,7,12-13H2,1-6H3. The Hall–Kier alpha value is -1.06. The maximum absolute atomic E-state index is 6.08. The molecule has 1 aromatic carbocycles. The van der Waals surface area contributed by atoms with E-state index in [1.165, 1.54) is 5.56 Å². The molecule has 0 bridgehead atoms. The fraction of sp³-hybridized carbons (Fsp3) is 0.647. The van der Waals surface area contributed by atoms with Gasteiger partial charge >= 0.3 is 0 Å². The molecular formula is C17H30N2O. The first kappa shape index (κ1) is 17.0. The number of benzene rings is 1. The second-order valence-electron chi connectivity index (χ2n) is 6.21. The molecule has 1 unspecified atom stereocenters. The average Bonchev–Trinajstić information content (AvgIpc) is 2.42. The summed E-state index contributed by atoms with van der Waals surface area (Å²) in [5, 5.41) is 3.52. The van der Waals surface area contributed by atoms with Gasteiger partial charge in [0.25, 0.3) is 0 Å². The molecule has 1 rings (SSSR count). The Morgan fingerprint density at radius 3 is 2.50 bits per heavy atom. The summed E-state index contributed by atoms with van der Waals surface area (Å²) >= 11 is 0. The fourth-order valence-corrected chi connectivity index (χ4v) is 1.82. The van der Waals surface area contributed by atoms with Gasteiger partial charge in [-0.25, -0.2) is 0 Å². The molecular weight excluding hydrogens is 248 g/mol. The van der Waals surface area contributed by atoms with Crippen molar-refractivity contribution >= 4 is 0 Å². The zero-order valence-corrected chi connectivity index (χ0v) is 13.9. The zero-order valence-electron chi connectivity index (χ0n) is 13.9. The molecule has 0 saturated heterocycles. The van der Waals surface area contributed by atoms with Crippen LogP contribution in [0, 0.1) is 0 Å². The Morgan fingerprint density at radius 2 is 1.90 bits per heavy atom. The molecule has 0 radical (unpaired) electrons. The molecule has 0 aliphatic heterocycles. The summed E-state index contributed by atoms with van der Waals surface area (Å²) in [5.41, 5.74) is 1.25. The van der Waals surface area contributed by atoms with Crippen molar-refractivity contribution in [1.29, 1.82) is 0 Å². The van der Waals surface area contributed by atoms with E-state index in [-0.39, 0.29) is 5.54 Å². The van der Waals surface area contributed by atoms with Crippen molar-refractivity contribution in [2.24, 2.45) is 0 Å². The summed E-state index contributed by atoms with van der Waals surface area (Å²) in [6, 6.07) is 8.63. The van der Waals surface area contributed by atoms with E-state index < -0.39 is 0 Å². The molecule has 1 atom stereocenters. The summed E-state index contributed by atoms with van der Waals surface area (Å²) in [6.45, 7) is 10.5. The zero-order chi connectivity index (χ0) is 15.2. The second kappa shape index (κ2) is 7.65. The van der Waals surface area contributed by atoms with Crippen LogP contribution >= 0.6 is 0 Å². The minimum Gasteiger partial charge on any atom is -0.491 e. The Bertz CT molecular complexity index is 402. The number of rotatable bonds is 8. The quantitative estimate of drug-likeness (QED) is 0.788. The molecule has 0 saturated carbocycles. The molecule has 0 heterocycles. The summed E-state index contributed by atoms with van der Waals surface area (Å²) in [7, 11) is 4.17. The van der Waals surface area contributed by atoms with Gasteiger partial charge < -0.3 is 15.0 Å². The van der Waals surface area contributed by atoms with Crippen molar-refractivity contribution in [3.63, 3.8) is 0 Å². The van der Waals surface area contributed by atoms with E-state index in [0.29, 0.717) is 12.6 Å². The van der Waals surface area contributed by atoms with Crippen LogP contribution in [0.4, 0.5) is 0 Å². The lowest BCUT2D eigenvalue weighted by atomic mass is 10.0. The molecule has 0 fully saturated rings. The lowest BCUT2D eigenvalue weighted by molar-refractivity contribution is 0.113. The molecule has 0 spiro atoms. The molecule has 3 nitrogen and oxygen atoms in total. The van der Waals surface area contributed by atoms with Gasteiger partial charge in [0, 0.05) is 17.1 Å². The summed E-state index contributed by atoms with van der Waals surface area (Å²) in [4.78, 5) is 2.19. The Morgan fingerprint density at radius 1 is 1.25 bits per heavy atom. The summed E-state index contributed by atoms with van der Waals surface area (Å²) < 4.78 is 6.08. The molecule has 0 amide bonds. The largest absolute Gasteiger partial charge is 0.491 e. The van der Waals surface area contributed by atoms with Crippen LogP contribution in [0.1, 0.15) is 45.7 Å². The predicted molar refractivity (Wildman–Crippen MR) is 86.4 cm³/mol. The smallest absolute Gasteiger partial charge is 0.124 e. The molecule has 0 aliphatic carbocycles.